The Morgan fingerprint density at radius 2 is 1.76 bits per heavy atom. The van der Waals surface area contributed by atoms with Crippen LogP contribution < -0.4 is 4.90 Å². The van der Waals surface area contributed by atoms with E-state index >= 15 is 0 Å². The molecule has 0 bridgehead atoms. The van der Waals surface area contributed by atoms with Gasteiger partial charge < -0.3 is 9.88 Å². The molecule has 1 fully saturated rings. The van der Waals surface area contributed by atoms with Gasteiger partial charge in [-0.1, -0.05) is 6.07 Å². The molecule has 1 aromatic heterocycles. The first-order chi connectivity index (χ1) is 12.0. The normalized spacial score (nSPS) is 16.4. The van der Waals surface area contributed by atoms with Crippen molar-refractivity contribution in [2.45, 2.75) is 4.90 Å². The molecule has 7 heteroatoms. The number of benzene rings is 2. The summed E-state index contributed by atoms with van der Waals surface area (Å²) in [6, 6.07) is 13.4. The van der Waals surface area contributed by atoms with Crippen LogP contribution in [0.3, 0.4) is 0 Å². The highest BCUT2D eigenvalue weighted by Crippen LogP contribution is 2.24. The molecular weight excluding hydrogens is 341 g/mol. The van der Waals surface area contributed by atoms with Gasteiger partial charge in [-0.05, 0) is 42.5 Å². The minimum Gasteiger partial charge on any atom is -0.369 e. The number of piperazine rings is 1. The van der Waals surface area contributed by atoms with E-state index in [0.717, 1.165) is 22.7 Å². The third-order valence-electron chi connectivity index (χ3n) is 4.57. The average molecular weight is 359 g/mol. The van der Waals surface area contributed by atoms with E-state index in [2.05, 4.69) is 16.0 Å². The van der Waals surface area contributed by atoms with Crippen LogP contribution in [-0.2, 0) is 10.0 Å². The first-order valence-electron chi connectivity index (χ1n) is 8.12. The number of nitrogens with one attached hydrogen (secondary N) is 1. The van der Waals surface area contributed by atoms with Crippen molar-refractivity contribution in [1.29, 1.82) is 0 Å². The Bertz CT molecular complexity index is 1010. The van der Waals surface area contributed by atoms with Crippen molar-refractivity contribution in [2.75, 3.05) is 31.1 Å². The van der Waals surface area contributed by atoms with E-state index in [1.54, 1.807) is 0 Å². The van der Waals surface area contributed by atoms with E-state index in [9.17, 15) is 12.8 Å². The van der Waals surface area contributed by atoms with Crippen molar-refractivity contribution in [3.63, 3.8) is 0 Å². The van der Waals surface area contributed by atoms with Crippen LogP contribution in [0.5, 0.6) is 0 Å². The van der Waals surface area contributed by atoms with E-state index in [0.29, 0.717) is 26.2 Å². The van der Waals surface area contributed by atoms with Crippen molar-refractivity contribution in [3.05, 3.63) is 60.5 Å². The average Bonchev–Trinajstić information content (AvgIpc) is 3.09. The molecule has 1 aliphatic heterocycles. The van der Waals surface area contributed by atoms with Gasteiger partial charge in [0.25, 0.3) is 0 Å². The zero-order valence-electron chi connectivity index (χ0n) is 13.5. The second-order valence-corrected chi connectivity index (χ2v) is 8.04. The van der Waals surface area contributed by atoms with Crippen molar-refractivity contribution in [1.82, 2.24) is 9.29 Å². The van der Waals surface area contributed by atoms with Gasteiger partial charge in [0.15, 0.2) is 0 Å². The summed E-state index contributed by atoms with van der Waals surface area (Å²) in [5.74, 6) is -0.542. The molecule has 1 saturated heterocycles. The quantitative estimate of drug-likeness (QED) is 0.782. The first kappa shape index (κ1) is 16.1. The van der Waals surface area contributed by atoms with Crippen LogP contribution >= 0.6 is 0 Å². The largest absolute Gasteiger partial charge is 0.369 e. The van der Waals surface area contributed by atoms with Crippen LogP contribution in [0.25, 0.3) is 10.9 Å². The minimum atomic E-state index is -3.65. The number of sulfonamides is 1. The zero-order chi connectivity index (χ0) is 17.4. The third-order valence-corrected chi connectivity index (χ3v) is 6.47. The number of H-pyrrole nitrogens is 1. The highest BCUT2D eigenvalue weighted by molar-refractivity contribution is 7.89. The predicted octanol–water partition coefficient (Wildman–Crippen LogP) is 2.82. The molecule has 0 atom stereocenters. The number of halogens is 1. The number of hydrogen-bond donors (Lipinski definition) is 1. The Kier molecular flexibility index (Phi) is 3.97. The van der Waals surface area contributed by atoms with Crippen LogP contribution in [0.15, 0.2) is 59.6 Å². The lowest BCUT2D eigenvalue weighted by Crippen LogP contribution is -2.48. The van der Waals surface area contributed by atoms with Gasteiger partial charge in [-0.2, -0.15) is 4.31 Å². The maximum Gasteiger partial charge on any atom is 0.243 e. The number of aromatic nitrogens is 1. The van der Waals surface area contributed by atoms with Gasteiger partial charge in [-0.25, -0.2) is 12.8 Å². The first-order valence-corrected chi connectivity index (χ1v) is 9.56. The lowest BCUT2D eigenvalue weighted by molar-refractivity contribution is 0.384. The monoisotopic (exact) mass is 359 g/mol. The molecule has 0 saturated carbocycles. The summed E-state index contributed by atoms with van der Waals surface area (Å²) in [5, 5.41) is 1.13. The summed E-state index contributed by atoms with van der Waals surface area (Å²) in [7, 11) is -3.65. The molecule has 0 spiro atoms. The highest BCUT2D eigenvalue weighted by atomic mass is 32.2. The van der Waals surface area contributed by atoms with E-state index in [1.165, 1.54) is 22.5 Å². The van der Waals surface area contributed by atoms with Gasteiger partial charge >= 0.3 is 0 Å². The van der Waals surface area contributed by atoms with Gasteiger partial charge in [-0.3, -0.25) is 0 Å². The summed E-state index contributed by atoms with van der Waals surface area (Å²) >= 11 is 0. The number of nitrogens with zero attached hydrogens (tertiary/aromatic N) is 2. The predicted molar refractivity (Wildman–Crippen MR) is 95.7 cm³/mol. The summed E-state index contributed by atoms with van der Waals surface area (Å²) in [5.41, 5.74) is 2.16. The van der Waals surface area contributed by atoms with Crippen molar-refractivity contribution in [3.8, 4) is 0 Å². The Morgan fingerprint density at radius 3 is 2.52 bits per heavy atom. The molecule has 3 aromatic rings. The lowest BCUT2D eigenvalue weighted by Gasteiger charge is -2.35. The molecule has 1 N–H and O–H groups in total. The van der Waals surface area contributed by atoms with Crippen LogP contribution in [0, 0.1) is 5.82 Å². The molecule has 0 radical (unpaired) electrons. The Morgan fingerprint density at radius 1 is 0.960 bits per heavy atom. The molecule has 1 aliphatic rings. The number of rotatable bonds is 3. The number of hydrogen-bond acceptors (Lipinski definition) is 3. The lowest BCUT2D eigenvalue weighted by atomic mass is 10.2. The van der Waals surface area contributed by atoms with Gasteiger partial charge in [0, 0.05) is 49.0 Å². The fraction of sp³-hybridized carbons (Fsp3) is 0.222. The van der Waals surface area contributed by atoms with Crippen LogP contribution in [0.4, 0.5) is 10.1 Å². The molecular formula is C18H18FN3O2S. The second-order valence-electron chi connectivity index (χ2n) is 6.10. The van der Waals surface area contributed by atoms with E-state index in [4.69, 9.17) is 0 Å². The van der Waals surface area contributed by atoms with E-state index < -0.39 is 15.8 Å². The summed E-state index contributed by atoms with van der Waals surface area (Å²) in [6.45, 7) is 1.96. The molecule has 2 heterocycles. The van der Waals surface area contributed by atoms with Crippen LogP contribution in [0.2, 0.25) is 0 Å². The van der Waals surface area contributed by atoms with Gasteiger partial charge in [0.1, 0.15) is 5.82 Å². The van der Waals surface area contributed by atoms with Crippen molar-refractivity contribution in [2.24, 2.45) is 0 Å². The Hall–Kier alpha value is -2.38. The minimum absolute atomic E-state index is 0.00897. The summed E-state index contributed by atoms with van der Waals surface area (Å²) in [6.07, 6.45) is 1.90. The Labute approximate surface area is 145 Å². The maximum absolute atomic E-state index is 13.4. The SMILES string of the molecule is O=S(=O)(c1cccc(F)c1)N1CCN(c2ccc3[nH]ccc3c2)CC1. The molecule has 2 aromatic carbocycles. The van der Waals surface area contributed by atoms with Gasteiger partial charge in [0.05, 0.1) is 4.90 Å². The van der Waals surface area contributed by atoms with E-state index in [1.807, 2.05) is 24.4 Å². The van der Waals surface area contributed by atoms with Crippen molar-refractivity contribution >= 4 is 26.6 Å². The fourth-order valence-electron chi connectivity index (χ4n) is 3.20. The number of fused-ring (bicyclic) bond motifs is 1. The number of anilines is 1. The summed E-state index contributed by atoms with van der Waals surface area (Å²) in [4.78, 5) is 5.34. The highest BCUT2D eigenvalue weighted by Gasteiger charge is 2.28. The fourth-order valence-corrected chi connectivity index (χ4v) is 4.65. The number of aromatic amines is 1. The molecule has 5 nitrogen and oxygen atoms in total. The second kappa shape index (κ2) is 6.16. The maximum atomic E-state index is 13.4. The molecule has 4 rings (SSSR count). The van der Waals surface area contributed by atoms with Crippen LogP contribution in [-0.4, -0.2) is 43.9 Å². The van der Waals surface area contributed by atoms with E-state index in [-0.39, 0.29) is 4.90 Å². The molecule has 130 valence electrons. The van der Waals surface area contributed by atoms with Crippen molar-refractivity contribution < 1.29 is 12.8 Å². The summed E-state index contributed by atoms with van der Waals surface area (Å²) < 4.78 is 40.1. The molecule has 0 amide bonds. The topological polar surface area (TPSA) is 56.4 Å². The van der Waals surface area contributed by atoms with Crippen LogP contribution in [0.1, 0.15) is 0 Å². The zero-order valence-corrected chi connectivity index (χ0v) is 14.3. The third kappa shape index (κ3) is 3.01. The molecule has 0 aliphatic carbocycles. The standard InChI is InChI=1S/C18H18FN3O2S/c19-15-2-1-3-17(13-15)25(23,24)22-10-8-21(9-11-22)16-4-5-18-14(12-16)6-7-20-18/h1-7,12-13,20H,8-11H2. The Balaban J connectivity index is 1.51. The molecule has 0 unspecified atom stereocenters. The smallest absolute Gasteiger partial charge is 0.243 e. The van der Waals surface area contributed by atoms with Gasteiger partial charge in [0.2, 0.25) is 10.0 Å². The molecule has 25 heavy (non-hydrogen) atoms. The van der Waals surface area contributed by atoms with Gasteiger partial charge in [-0.15, -0.1) is 0 Å².